The third kappa shape index (κ3) is 3.46. The fourth-order valence-corrected chi connectivity index (χ4v) is 3.43. The van der Waals surface area contributed by atoms with Crippen LogP contribution >= 0.6 is 0 Å². The van der Waals surface area contributed by atoms with Crippen molar-refractivity contribution in [2.45, 2.75) is 6.17 Å². The van der Waals surface area contributed by atoms with E-state index < -0.39 is 6.17 Å². The average Bonchev–Trinajstić information content (AvgIpc) is 2.78. The maximum atomic E-state index is 13.4. The normalized spacial score (nSPS) is 15.1. The summed E-state index contributed by atoms with van der Waals surface area (Å²) in [5.41, 5.74) is 3.01. The second kappa shape index (κ2) is 7.95. The Morgan fingerprint density at radius 3 is 2.55 bits per heavy atom. The monoisotopic (exact) mass is 385 g/mol. The average molecular weight is 385 g/mol. The zero-order valence-electron chi connectivity index (χ0n) is 15.8. The molecular formula is C23H19N3O3. The van der Waals surface area contributed by atoms with E-state index in [2.05, 4.69) is 5.32 Å². The first-order chi connectivity index (χ1) is 14.2. The Hall–Kier alpha value is -3.98. The van der Waals surface area contributed by atoms with Gasteiger partial charge in [-0.25, -0.2) is 0 Å². The number of fused-ring (bicyclic) bond motifs is 1. The standard InChI is InChI=1S/C23H19N3O3/c1-28-21-15-16(11-12-20(21)29-14-13-24)22-25-19-10-6-5-9-18(19)23(27)26(22)17-7-3-2-4-8-17/h2-12,15,22,25H,14H2,1H3/t22-/m0/s1. The minimum atomic E-state index is -0.432. The highest BCUT2D eigenvalue weighted by Gasteiger charge is 2.34. The van der Waals surface area contributed by atoms with Crippen LogP contribution in [0.5, 0.6) is 11.5 Å². The van der Waals surface area contributed by atoms with Crippen LogP contribution in [0.3, 0.4) is 0 Å². The molecule has 1 atom stereocenters. The van der Waals surface area contributed by atoms with E-state index in [1.54, 1.807) is 18.1 Å². The van der Waals surface area contributed by atoms with Crippen LogP contribution in [0.15, 0.2) is 72.8 Å². The Balaban J connectivity index is 1.80. The largest absolute Gasteiger partial charge is 0.493 e. The van der Waals surface area contributed by atoms with Gasteiger partial charge in [-0.05, 0) is 42.0 Å². The predicted octanol–water partition coefficient (Wildman–Crippen LogP) is 4.37. The van der Waals surface area contributed by atoms with Gasteiger partial charge < -0.3 is 14.8 Å². The van der Waals surface area contributed by atoms with Crippen molar-refractivity contribution in [1.29, 1.82) is 5.26 Å². The number of carbonyl (C=O) groups is 1. The van der Waals surface area contributed by atoms with E-state index in [4.69, 9.17) is 14.7 Å². The van der Waals surface area contributed by atoms with E-state index in [0.717, 1.165) is 16.9 Å². The number of rotatable bonds is 5. The quantitative estimate of drug-likeness (QED) is 0.706. The van der Waals surface area contributed by atoms with Crippen LogP contribution < -0.4 is 19.7 Å². The van der Waals surface area contributed by atoms with Crippen LogP contribution in [-0.2, 0) is 0 Å². The number of hydrogen-bond acceptors (Lipinski definition) is 5. The van der Waals surface area contributed by atoms with Crippen LogP contribution in [0.25, 0.3) is 0 Å². The first-order valence-electron chi connectivity index (χ1n) is 9.15. The molecule has 3 aromatic carbocycles. The third-order valence-corrected chi connectivity index (χ3v) is 4.76. The number of nitriles is 1. The lowest BCUT2D eigenvalue weighted by molar-refractivity contribution is 0.0975. The molecule has 1 heterocycles. The minimum absolute atomic E-state index is 0.0701. The Morgan fingerprint density at radius 1 is 1.03 bits per heavy atom. The first-order valence-corrected chi connectivity index (χ1v) is 9.15. The molecule has 4 rings (SSSR count). The number of benzene rings is 3. The molecule has 0 radical (unpaired) electrons. The molecule has 6 nitrogen and oxygen atoms in total. The van der Waals surface area contributed by atoms with E-state index in [1.807, 2.05) is 72.8 Å². The number of anilines is 2. The molecule has 0 bridgehead atoms. The number of hydrogen-bond donors (Lipinski definition) is 1. The molecule has 144 valence electrons. The molecule has 0 spiro atoms. The Morgan fingerprint density at radius 2 is 1.79 bits per heavy atom. The van der Waals surface area contributed by atoms with Gasteiger partial charge in [0.15, 0.2) is 18.1 Å². The van der Waals surface area contributed by atoms with Crippen molar-refractivity contribution in [3.63, 3.8) is 0 Å². The lowest BCUT2D eigenvalue weighted by atomic mass is 10.0. The van der Waals surface area contributed by atoms with Gasteiger partial charge in [0.1, 0.15) is 12.2 Å². The van der Waals surface area contributed by atoms with Gasteiger partial charge in [0.05, 0.1) is 12.7 Å². The van der Waals surface area contributed by atoms with Gasteiger partial charge >= 0.3 is 0 Å². The number of carbonyl (C=O) groups excluding carboxylic acids is 1. The Labute approximate surface area is 168 Å². The topological polar surface area (TPSA) is 74.6 Å². The fourth-order valence-electron chi connectivity index (χ4n) is 3.43. The summed E-state index contributed by atoms with van der Waals surface area (Å²) in [6.07, 6.45) is -0.432. The number of ether oxygens (including phenoxy) is 2. The molecule has 1 N–H and O–H groups in total. The summed E-state index contributed by atoms with van der Waals surface area (Å²) >= 11 is 0. The molecule has 0 fully saturated rings. The van der Waals surface area contributed by atoms with Crippen LogP contribution in [0.1, 0.15) is 22.1 Å². The number of para-hydroxylation sites is 2. The zero-order chi connectivity index (χ0) is 20.2. The van der Waals surface area contributed by atoms with E-state index >= 15 is 0 Å². The third-order valence-electron chi connectivity index (χ3n) is 4.76. The van der Waals surface area contributed by atoms with Gasteiger partial charge in [-0.1, -0.05) is 36.4 Å². The molecule has 0 aromatic heterocycles. The first kappa shape index (κ1) is 18.4. The zero-order valence-corrected chi connectivity index (χ0v) is 15.8. The second-order valence-corrected chi connectivity index (χ2v) is 6.46. The van der Waals surface area contributed by atoms with Crippen LogP contribution in [0.4, 0.5) is 11.4 Å². The van der Waals surface area contributed by atoms with Gasteiger partial charge in [-0.2, -0.15) is 5.26 Å². The Bertz CT molecular complexity index is 1080. The maximum absolute atomic E-state index is 13.4. The summed E-state index contributed by atoms with van der Waals surface area (Å²) in [4.78, 5) is 15.1. The smallest absolute Gasteiger partial charge is 0.262 e. The van der Waals surface area contributed by atoms with Crippen molar-refractivity contribution in [2.24, 2.45) is 0 Å². The molecule has 0 saturated carbocycles. The molecule has 1 aliphatic heterocycles. The highest BCUT2D eigenvalue weighted by molar-refractivity contribution is 6.12. The number of methoxy groups -OCH3 is 1. The molecule has 3 aromatic rings. The van der Waals surface area contributed by atoms with E-state index in [1.165, 1.54) is 0 Å². The van der Waals surface area contributed by atoms with Crippen molar-refractivity contribution in [2.75, 3.05) is 23.9 Å². The van der Waals surface area contributed by atoms with E-state index in [-0.39, 0.29) is 12.5 Å². The summed E-state index contributed by atoms with van der Waals surface area (Å²) in [5.74, 6) is 0.893. The minimum Gasteiger partial charge on any atom is -0.493 e. The van der Waals surface area contributed by atoms with Crippen molar-refractivity contribution in [3.8, 4) is 17.6 Å². The Kier molecular flexibility index (Phi) is 5.04. The van der Waals surface area contributed by atoms with Gasteiger partial charge in [0, 0.05) is 11.4 Å². The number of amides is 1. The maximum Gasteiger partial charge on any atom is 0.262 e. The summed E-state index contributed by atoms with van der Waals surface area (Å²) in [7, 11) is 1.54. The molecule has 1 amide bonds. The predicted molar refractivity (Wildman–Crippen MR) is 110 cm³/mol. The molecule has 0 aliphatic carbocycles. The molecule has 6 heteroatoms. The highest BCUT2D eigenvalue weighted by Crippen LogP contribution is 2.39. The van der Waals surface area contributed by atoms with Crippen LogP contribution in [0, 0.1) is 11.3 Å². The SMILES string of the molecule is COc1cc([C@H]2Nc3ccccc3C(=O)N2c2ccccc2)ccc1OCC#N. The van der Waals surface area contributed by atoms with Crippen molar-refractivity contribution in [1.82, 2.24) is 0 Å². The number of nitrogens with zero attached hydrogens (tertiary/aromatic N) is 2. The van der Waals surface area contributed by atoms with Crippen LogP contribution in [-0.4, -0.2) is 19.6 Å². The highest BCUT2D eigenvalue weighted by atomic mass is 16.5. The van der Waals surface area contributed by atoms with Crippen molar-refractivity contribution < 1.29 is 14.3 Å². The summed E-state index contributed by atoms with van der Waals surface area (Å²) < 4.78 is 10.9. The van der Waals surface area contributed by atoms with E-state index in [9.17, 15) is 4.79 Å². The second-order valence-electron chi connectivity index (χ2n) is 6.46. The molecule has 29 heavy (non-hydrogen) atoms. The lowest BCUT2D eigenvalue weighted by Crippen LogP contribution is -2.43. The van der Waals surface area contributed by atoms with Crippen molar-refractivity contribution >= 4 is 17.3 Å². The molecule has 0 saturated heterocycles. The molecule has 0 unspecified atom stereocenters. The fraction of sp³-hybridized carbons (Fsp3) is 0.130. The number of nitrogens with one attached hydrogen (secondary N) is 1. The van der Waals surface area contributed by atoms with Gasteiger partial charge in [-0.15, -0.1) is 0 Å². The summed E-state index contributed by atoms with van der Waals surface area (Å²) in [5, 5.41) is 12.2. The van der Waals surface area contributed by atoms with Crippen molar-refractivity contribution in [3.05, 3.63) is 83.9 Å². The lowest BCUT2D eigenvalue weighted by Gasteiger charge is -2.38. The van der Waals surface area contributed by atoms with Gasteiger partial charge in [0.2, 0.25) is 0 Å². The van der Waals surface area contributed by atoms with Gasteiger partial charge in [-0.3, -0.25) is 9.69 Å². The molecule has 1 aliphatic rings. The molecular weight excluding hydrogens is 366 g/mol. The van der Waals surface area contributed by atoms with Gasteiger partial charge in [0.25, 0.3) is 5.91 Å². The summed E-state index contributed by atoms with van der Waals surface area (Å²) in [6, 6.07) is 24.4. The van der Waals surface area contributed by atoms with Crippen LogP contribution in [0.2, 0.25) is 0 Å². The summed E-state index contributed by atoms with van der Waals surface area (Å²) in [6.45, 7) is -0.0701. The van der Waals surface area contributed by atoms with E-state index in [0.29, 0.717) is 17.1 Å².